The van der Waals surface area contributed by atoms with E-state index in [1.165, 1.54) is 12.6 Å². The number of halogens is 1. The minimum Gasteiger partial charge on any atom is -0.467 e. The fourth-order valence-electron chi connectivity index (χ4n) is 1.50. The third-order valence-corrected chi connectivity index (χ3v) is 2.55. The van der Waals surface area contributed by atoms with Gasteiger partial charge in [0.1, 0.15) is 12.1 Å². The second-order valence-corrected chi connectivity index (χ2v) is 3.89. The summed E-state index contributed by atoms with van der Waals surface area (Å²) in [5.41, 5.74) is -0.312. The number of anilines is 1. The van der Waals surface area contributed by atoms with Crippen molar-refractivity contribution in [2.75, 3.05) is 11.9 Å². The molecule has 0 aliphatic rings. The van der Waals surface area contributed by atoms with Crippen LogP contribution in [0.4, 0.5) is 11.5 Å². The molecule has 2 rings (SSSR count). The Hall–Kier alpha value is -2.15. The molecular formula is C10H9ClN4O3. The summed E-state index contributed by atoms with van der Waals surface area (Å²) in [5, 5.41) is 10.8. The molecule has 2 aromatic heterocycles. The molecule has 0 fully saturated rings. The molecule has 0 unspecified atom stereocenters. The standard InChI is InChI=1S/C10H9ClN4O3/c1-14(5-7-3-2-4-18-7)10-8(15(16)17)9(11)12-6-13-10/h2-4,6H,5H2,1H3. The van der Waals surface area contributed by atoms with Gasteiger partial charge in [0, 0.05) is 7.05 Å². The number of nitro groups is 1. The minimum absolute atomic E-state index is 0.149. The molecule has 0 aromatic carbocycles. The van der Waals surface area contributed by atoms with Gasteiger partial charge in [0.25, 0.3) is 0 Å². The van der Waals surface area contributed by atoms with Crippen LogP contribution in [0.2, 0.25) is 5.15 Å². The fourth-order valence-corrected chi connectivity index (χ4v) is 1.69. The lowest BCUT2D eigenvalue weighted by molar-refractivity contribution is -0.384. The normalized spacial score (nSPS) is 10.3. The third kappa shape index (κ3) is 2.40. The molecule has 0 amide bonds. The largest absolute Gasteiger partial charge is 0.467 e. The van der Waals surface area contributed by atoms with Crippen LogP contribution in [0.5, 0.6) is 0 Å². The molecule has 0 N–H and O–H groups in total. The van der Waals surface area contributed by atoms with Gasteiger partial charge in [0.2, 0.25) is 11.0 Å². The Kier molecular flexibility index (Phi) is 3.42. The highest BCUT2D eigenvalue weighted by atomic mass is 35.5. The van der Waals surface area contributed by atoms with Crippen molar-refractivity contribution in [1.82, 2.24) is 9.97 Å². The van der Waals surface area contributed by atoms with Crippen LogP contribution in [-0.2, 0) is 6.54 Å². The van der Waals surface area contributed by atoms with Gasteiger partial charge in [-0.15, -0.1) is 0 Å². The quantitative estimate of drug-likeness (QED) is 0.480. The van der Waals surface area contributed by atoms with Gasteiger partial charge >= 0.3 is 5.69 Å². The summed E-state index contributed by atoms with van der Waals surface area (Å²) < 4.78 is 5.17. The molecule has 0 radical (unpaired) electrons. The van der Waals surface area contributed by atoms with Crippen LogP contribution in [0.1, 0.15) is 5.76 Å². The van der Waals surface area contributed by atoms with Crippen LogP contribution >= 0.6 is 11.6 Å². The Morgan fingerprint density at radius 1 is 1.56 bits per heavy atom. The van der Waals surface area contributed by atoms with E-state index in [0.717, 1.165) is 0 Å². The van der Waals surface area contributed by atoms with Crippen LogP contribution in [-0.4, -0.2) is 21.9 Å². The summed E-state index contributed by atoms with van der Waals surface area (Å²) >= 11 is 5.71. The van der Waals surface area contributed by atoms with E-state index in [1.807, 2.05) is 0 Å². The molecule has 18 heavy (non-hydrogen) atoms. The zero-order valence-electron chi connectivity index (χ0n) is 9.41. The molecule has 7 nitrogen and oxygen atoms in total. The smallest absolute Gasteiger partial charge is 0.348 e. The second kappa shape index (κ2) is 5.01. The van der Waals surface area contributed by atoms with E-state index >= 15 is 0 Å². The number of hydrogen-bond donors (Lipinski definition) is 0. The van der Waals surface area contributed by atoms with Crippen molar-refractivity contribution in [1.29, 1.82) is 0 Å². The van der Waals surface area contributed by atoms with Gasteiger partial charge in [0.05, 0.1) is 17.7 Å². The first kappa shape index (κ1) is 12.3. The molecular weight excluding hydrogens is 260 g/mol. The highest BCUT2D eigenvalue weighted by Crippen LogP contribution is 2.31. The zero-order chi connectivity index (χ0) is 13.1. The monoisotopic (exact) mass is 268 g/mol. The summed E-state index contributed by atoms with van der Waals surface area (Å²) in [6.07, 6.45) is 2.72. The highest BCUT2D eigenvalue weighted by molar-refractivity contribution is 6.31. The number of rotatable bonds is 4. The Morgan fingerprint density at radius 3 is 2.94 bits per heavy atom. The summed E-state index contributed by atoms with van der Waals surface area (Å²) in [6, 6.07) is 3.51. The minimum atomic E-state index is -0.601. The molecule has 0 bridgehead atoms. The van der Waals surface area contributed by atoms with Gasteiger partial charge in [-0.25, -0.2) is 9.97 Å². The van der Waals surface area contributed by atoms with Crippen LogP contribution in [0.15, 0.2) is 29.1 Å². The van der Waals surface area contributed by atoms with E-state index < -0.39 is 4.92 Å². The van der Waals surface area contributed by atoms with Crippen molar-refractivity contribution in [2.45, 2.75) is 6.54 Å². The maximum absolute atomic E-state index is 10.9. The van der Waals surface area contributed by atoms with Gasteiger partial charge in [-0.3, -0.25) is 10.1 Å². The van der Waals surface area contributed by atoms with Crippen molar-refractivity contribution < 1.29 is 9.34 Å². The first-order valence-corrected chi connectivity index (χ1v) is 5.36. The van der Waals surface area contributed by atoms with Gasteiger partial charge in [-0.1, -0.05) is 11.6 Å². The molecule has 0 atom stereocenters. The lowest BCUT2D eigenvalue weighted by atomic mass is 10.4. The van der Waals surface area contributed by atoms with Gasteiger partial charge in [0.15, 0.2) is 0 Å². The van der Waals surface area contributed by atoms with Gasteiger partial charge < -0.3 is 9.32 Å². The summed E-state index contributed by atoms with van der Waals surface area (Å²) in [7, 11) is 1.66. The van der Waals surface area contributed by atoms with Crippen LogP contribution in [0.25, 0.3) is 0 Å². The molecule has 0 saturated heterocycles. The van der Waals surface area contributed by atoms with E-state index in [-0.39, 0.29) is 16.7 Å². The van der Waals surface area contributed by atoms with Gasteiger partial charge in [-0.2, -0.15) is 0 Å². The van der Waals surface area contributed by atoms with E-state index in [0.29, 0.717) is 12.3 Å². The van der Waals surface area contributed by atoms with Crippen LogP contribution in [0.3, 0.4) is 0 Å². The molecule has 0 aliphatic heterocycles. The third-order valence-electron chi connectivity index (χ3n) is 2.28. The van der Waals surface area contributed by atoms with Crippen LogP contribution < -0.4 is 4.90 Å². The Balaban J connectivity index is 2.32. The maximum atomic E-state index is 10.9. The molecule has 94 valence electrons. The Labute approximate surface area is 107 Å². The topological polar surface area (TPSA) is 85.3 Å². The van der Waals surface area contributed by atoms with E-state index in [1.54, 1.807) is 24.1 Å². The van der Waals surface area contributed by atoms with Crippen molar-refractivity contribution in [2.24, 2.45) is 0 Å². The number of nitrogens with zero attached hydrogens (tertiary/aromatic N) is 4. The summed E-state index contributed by atoms with van der Waals surface area (Å²) in [5.74, 6) is 0.818. The predicted molar refractivity (Wildman–Crippen MR) is 64.5 cm³/mol. The van der Waals surface area contributed by atoms with Crippen molar-refractivity contribution in [3.63, 3.8) is 0 Å². The lowest BCUT2D eigenvalue weighted by Crippen LogP contribution is -2.19. The van der Waals surface area contributed by atoms with E-state index in [2.05, 4.69) is 9.97 Å². The average molecular weight is 269 g/mol. The van der Waals surface area contributed by atoms with E-state index in [4.69, 9.17) is 16.0 Å². The zero-order valence-corrected chi connectivity index (χ0v) is 10.2. The summed E-state index contributed by atoms with van der Waals surface area (Å²) in [4.78, 5) is 19.4. The second-order valence-electron chi connectivity index (χ2n) is 3.53. The first-order chi connectivity index (χ1) is 8.59. The Bertz CT molecular complexity index is 558. The van der Waals surface area contributed by atoms with Crippen molar-refractivity contribution in [3.8, 4) is 0 Å². The molecule has 0 saturated carbocycles. The maximum Gasteiger partial charge on any atom is 0.348 e. The first-order valence-electron chi connectivity index (χ1n) is 4.98. The van der Waals surface area contributed by atoms with Gasteiger partial charge in [-0.05, 0) is 12.1 Å². The molecule has 0 aliphatic carbocycles. The highest BCUT2D eigenvalue weighted by Gasteiger charge is 2.24. The van der Waals surface area contributed by atoms with Crippen molar-refractivity contribution >= 4 is 23.1 Å². The van der Waals surface area contributed by atoms with E-state index in [9.17, 15) is 10.1 Å². The number of furan rings is 1. The van der Waals surface area contributed by atoms with Crippen LogP contribution in [0, 0.1) is 10.1 Å². The lowest BCUT2D eigenvalue weighted by Gasteiger charge is -2.16. The molecule has 2 aromatic rings. The SMILES string of the molecule is CN(Cc1ccco1)c1ncnc(Cl)c1[N+](=O)[O-]. The number of hydrogen-bond acceptors (Lipinski definition) is 6. The predicted octanol–water partition coefficient (Wildman–Crippen LogP) is 2.27. The fraction of sp³-hybridized carbons (Fsp3) is 0.200. The molecule has 2 heterocycles. The number of aromatic nitrogens is 2. The Morgan fingerprint density at radius 2 is 2.33 bits per heavy atom. The molecule has 0 spiro atoms. The molecule has 8 heteroatoms. The average Bonchev–Trinajstić information content (AvgIpc) is 2.80. The van der Waals surface area contributed by atoms with Crippen molar-refractivity contribution in [3.05, 3.63) is 45.8 Å². The summed E-state index contributed by atoms with van der Waals surface area (Å²) in [6.45, 7) is 0.348.